The van der Waals surface area contributed by atoms with Crippen molar-refractivity contribution in [2.75, 3.05) is 24.7 Å². The topological polar surface area (TPSA) is 58.6 Å². The van der Waals surface area contributed by atoms with Gasteiger partial charge in [-0.3, -0.25) is 14.8 Å². The van der Waals surface area contributed by atoms with Gasteiger partial charge in [-0.05, 0) is 32.9 Å². The number of carbonyl (C=O) groups excluding carboxylic acids is 2. The van der Waals surface area contributed by atoms with Crippen LogP contribution >= 0.6 is 54.6 Å². The van der Waals surface area contributed by atoms with Crippen LogP contribution in [-0.4, -0.2) is 56.7 Å². The predicted octanol–water partition coefficient (Wildman–Crippen LogP) is 3.48. The predicted molar refractivity (Wildman–Crippen MR) is 102 cm³/mol. The molecule has 0 aliphatic carbocycles. The standard InChI is InChI=1S/C14H20Cl3N2O3PS/c1-4-23(5-2)18-9-11(20)19-10(8(3)6-24-12(9)19)13(21)22-7-14(15,16)17/h9,12,18H,4-7H2,1-3H3/t9-,12+/m1/s1. The molecule has 0 unspecified atom stereocenters. The van der Waals surface area contributed by atoms with Gasteiger partial charge in [-0.1, -0.05) is 48.7 Å². The van der Waals surface area contributed by atoms with Gasteiger partial charge in [0.2, 0.25) is 9.70 Å². The van der Waals surface area contributed by atoms with Crippen molar-refractivity contribution in [1.29, 1.82) is 0 Å². The van der Waals surface area contributed by atoms with Crippen molar-refractivity contribution in [2.24, 2.45) is 0 Å². The first-order valence-corrected chi connectivity index (χ1v) is 11.5. The molecular weight excluding hydrogens is 414 g/mol. The Labute approximate surface area is 162 Å². The number of β-lactam (4-membered cyclic amide) rings is 1. The van der Waals surface area contributed by atoms with Crippen molar-refractivity contribution >= 4 is 66.5 Å². The van der Waals surface area contributed by atoms with Gasteiger partial charge in [-0.25, -0.2) is 4.79 Å². The average Bonchev–Trinajstić information content (AvgIpc) is 2.52. The highest BCUT2D eigenvalue weighted by Gasteiger charge is 2.53. The third-order valence-electron chi connectivity index (χ3n) is 3.80. The first-order valence-electron chi connectivity index (χ1n) is 7.59. The van der Waals surface area contributed by atoms with Crippen LogP contribution in [0.2, 0.25) is 0 Å². The number of hydrogen-bond acceptors (Lipinski definition) is 5. The maximum absolute atomic E-state index is 12.6. The largest absolute Gasteiger partial charge is 0.456 e. The number of hydrogen-bond donors (Lipinski definition) is 1. The van der Waals surface area contributed by atoms with Gasteiger partial charge in [0.05, 0.1) is 0 Å². The van der Waals surface area contributed by atoms with Crippen LogP contribution in [0.15, 0.2) is 11.3 Å². The van der Waals surface area contributed by atoms with Crippen LogP contribution in [0.3, 0.4) is 0 Å². The number of esters is 1. The van der Waals surface area contributed by atoms with E-state index in [-0.39, 0.29) is 37.7 Å². The molecule has 1 amide bonds. The quantitative estimate of drug-likeness (QED) is 0.301. The van der Waals surface area contributed by atoms with Crippen LogP contribution in [-0.2, 0) is 14.3 Å². The van der Waals surface area contributed by atoms with E-state index in [1.807, 2.05) is 6.92 Å². The summed E-state index contributed by atoms with van der Waals surface area (Å²) in [5.41, 5.74) is 1.08. The lowest BCUT2D eigenvalue weighted by Crippen LogP contribution is -2.69. The Morgan fingerprint density at radius 1 is 1.42 bits per heavy atom. The summed E-state index contributed by atoms with van der Waals surface area (Å²) in [6.07, 6.45) is 2.03. The highest BCUT2D eigenvalue weighted by molar-refractivity contribution is 8.00. The second-order valence-electron chi connectivity index (χ2n) is 5.51. The summed E-state index contributed by atoms with van der Waals surface area (Å²) in [6.45, 7) is 5.68. The van der Waals surface area contributed by atoms with Crippen LogP contribution in [0.1, 0.15) is 20.8 Å². The fourth-order valence-electron chi connectivity index (χ4n) is 2.57. The summed E-state index contributed by atoms with van der Waals surface area (Å²) in [5, 5.41) is 3.36. The number of rotatable bonds is 6. The minimum atomic E-state index is -1.67. The van der Waals surface area contributed by atoms with Crippen LogP contribution in [0, 0.1) is 0 Å². The van der Waals surface area contributed by atoms with E-state index < -0.39 is 9.76 Å². The number of nitrogens with zero attached hydrogens (tertiary/aromatic N) is 1. The van der Waals surface area contributed by atoms with Gasteiger partial charge in [0.1, 0.15) is 23.7 Å². The molecule has 0 bridgehead atoms. The number of amides is 1. The molecule has 0 aromatic heterocycles. The summed E-state index contributed by atoms with van der Waals surface area (Å²) < 4.78 is 3.39. The number of alkyl halides is 3. The average molecular weight is 434 g/mol. The zero-order chi connectivity index (χ0) is 18.1. The first-order chi connectivity index (χ1) is 11.2. The van der Waals surface area contributed by atoms with Gasteiger partial charge in [0.25, 0.3) is 0 Å². The highest BCUT2D eigenvalue weighted by Crippen LogP contribution is 2.43. The molecule has 10 heteroatoms. The molecule has 24 heavy (non-hydrogen) atoms. The normalized spacial score (nSPS) is 24.1. The van der Waals surface area contributed by atoms with E-state index in [1.165, 1.54) is 4.90 Å². The minimum Gasteiger partial charge on any atom is -0.456 e. The van der Waals surface area contributed by atoms with Crippen molar-refractivity contribution in [3.63, 3.8) is 0 Å². The van der Waals surface area contributed by atoms with Gasteiger partial charge in [0.15, 0.2) is 0 Å². The van der Waals surface area contributed by atoms with Crippen LogP contribution in [0.4, 0.5) is 0 Å². The van der Waals surface area contributed by atoms with Gasteiger partial charge >= 0.3 is 5.97 Å². The molecule has 1 saturated heterocycles. The minimum absolute atomic E-state index is 0.0837. The molecule has 1 fully saturated rings. The molecular formula is C14H20Cl3N2O3PS. The lowest BCUT2D eigenvalue weighted by molar-refractivity contribution is -0.151. The molecule has 1 N–H and O–H groups in total. The smallest absolute Gasteiger partial charge is 0.355 e. The Morgan fingerprint density at radius 3 is 2.58 bits per heavy atom. The fourth-order valence-corrected chi connectivity index (χ4v) is 5.58. The fraction of sp³-hybridized carbons (Fsp3) is 0.714. The van der Waals surface area contributed by atoms with Crippen LogP contribution < -0.4 is 5.09 Å². The molecule has 2 heterocycles. The number of fused-ring (bicyclic) bond motifs is 1. The van der Waals surface area contributed by atoms with Gasteiger partial charge in [-0.2, -0.15) is 0 Å². The van der Waals surface area contributed by atoms with E-state index >= 15 is 0 Å². The molecule has 0 saturated carbocycles. The zero-order valence-electron chi connectivity index (χ0n) is 13.6. The SMILES string of the molecule is CCP(CC)N[C@@H]1C(=O)N2C(C(=O)OCC(Cl)(Cl)Cl)=C(C)CS[C@@H]12. The molecule has 0 aromatic carbocycles. The van der Waals surface area contributed by atoms with Crippen LogP contribution in [0.5, 0.6) is 0 Å². The second-order valence-corrected chi connectivity index (χ2v) is 11.7. The highest BCUT2D eigenvalue weighted by atomic mass is 35.6. The maximum atomic E-state index is 12.6. The molecule has 5 nitrogen and oxygen atoms in total. The van der Waals surface area contributed by atoms with Crippen molar-refractivity contribution in [3.8, 4) is 0 Å². The van der Waals surface area contributed by atoms with E-state index in [1.54, 1.807) is 11.8 Å². The van der Waals surface area contributed by atoms with Crippen molar-refractivity contribution in [1.82, 2.24) is 9.99 Å². The van der Waals surface area contributed by atoms with E-state index in [4.69, 9.17) is 39.5 Å². The summed E-state index contributed by atoms with van der Waals surface area (Å²) in [4.78, 5) is 26.4. The summed E-state index contributed by atoms with van der Waals surface area (Å²) >= 11 is 18.5. The van der Waals surface area contributed by atoms with E-state index in [0.717, 1.165) is 17.9 Å². The van der Waals surface area contributed by atoms with Crippen molar-refractivity contribution in [2.45, 2.75) is 36.0 Å². The van der Waals surface area contributed by atoms with E-state index in [0.29, 0.717) is 5.75 Å². The molecule has 2 aliphatic heterocycles. The summed E-state index contributed by atoms with van der Waals surface area (Å²) in [7, 11) is -0.367. The molecule has 0 aromatic rings. The first kappa shape index (κ1) is 20.6. The molecule has 2 aliphatic rings. The second kappa shape index (κ2) is 8.32. The Balaban J connectivity index is 2.09. The summed E-state index contributed by atoms with van der Waals surface area (Å²) in [5.74, 6) is -0.0490. The maximum Gasteiger partial charge on any atom is 0.355 e. The van der Waals surface area contributed by atoms with Crippen LogP contribution in [0.25, 0.3) is 0 Å². The lowest BCUT2D eigenvalue weighted by Gasteiger charge is -2.50. The Hall–Kier alpha value is 0.290. The molecule has 0 radical (unpaired) electrons. The number of halogens is 3. The zero-order valence-corrected chi connectivity index (χ0v) is 17.6. The molecule has 2 atom stereocenters. The monoisotopic (exact) mass is 432 g/mol. The Morgan fingerprint density at radius 2 is 2.04 bits per heavy atom. The molecule has 0 spiro atoms. The van der Waals surface area contributed by atoms with Crippen molar-refractivity contribution < 1.29 is 14.3 Å². The number of thioether (sulfide) groups is 1. The number of ether oxygens (including phenoxy) is 1. The van der Waals surface area contributed by atoms with Crippen molar-refractivity contribution in [3.05, 3.63) is 11.3 Å². The van der Waals surface area contributed by atoms with Gasteiger partial charge in [0, 0.05) is 5.75 Å². The van der Waals surface area contributed by atoms with Gasteiger partial charge < -0.3 is 4.74 Å². The van der Waals surface area contributed by atoms with Gasteiger partial charge in [-0.15, -0.1) is 11.8 Å². The number of carbonyl (C=O) groups is 2. The number of nitrogens with one attached hydrogen (secondary N) is 1. The van der Waals surface area contributed by atoms with E-state index in [9.17, 15) is 9.59 Å². The Kier molecular flexibility index (Phi) is 7.14. The lowest BCUT2D eigenvalue weighted by atomic mass is 10.0. The summed E-state index contributed by atoms with van der Waals surface area (Å²) in [6, 6.07) is -0.245. The molecule has 136 valence electrons. The third kappa shape index (κ3) is 4.52. The Bertz CT molecular complexity index is 552. The van der Waals surface area contributed by atoms with E-state index in [2.05, 4.69) is 18.9 Å². The third-order valence-corrected chi connectivity index (χ3v) is 7.73. The molecule has 2 rings (SSSR count).